The molecule has 0 fully saturated rings. The lowest BCUT2D eigenvalue weighted by Crippen LogP contribution is -2.14. The number of carboxylic acid groups (broad SMARTS) is 1. The molecule has 0 rings (SSSR count). The van der Waals surface area contributed by atoms with E-state index in [0.717, 1.165) is 12.0 Å². The number of hydrogen-bond acceptors (Lipinski definition) is 1. The number of aliphatic carboxylic acids is 1. The molecular weight excluding hydrogens is 188 g/mol. The molecule has 1 atom stereocenters. The average molecular weight is 210 g/mol. The van der Waals surface area contributed by atoms with Crippen LogP contribution in [-0.2, 0) is 4.79 Å². The molecule has 0 aromatic carbocycles. The minimum absolute atomic E-state index is 0.0443. The Morgan fingerprint density at radius 1 is 1.53 bits per heavy atom. The van der Waals surface area contributed by atoms with Crippen LogP contribution in [0.3, 0.4) is 0 Å². The zero-order valence-corrected chi connectivity index (χ0v) is 10.2. The number of rotatable bonds is 6. The Balaban J connectivity index is 4.15. The molecule has 1 N–H and O–H groups in total. The molecule has 0 radical (unpaired) electrons. The lowest BCUT2D eigenvalue weighted by molar-refractivity contribution is -0.141. The zero-order valence-electron chi connectivity index (χ0n) is 10.2. The molecule has 0 aromatic heterocycles. The summed E-state index contributed by atoms with van der Waals surface area (Å²) in [6.07, 6.45) is 5.68. The van der Waals surface area contributed by atoms with Gasteiger partial charge in [0.1, 0.15) is 0 Å². The highest BCUT2D eigenvalue weighted by Crippen LogP contribution is 2.26. The van der Waals surface area contributed by atoms with E-state index < -0.39 is 5.97 Å². The van der Waals surface area contributed by atoms with Crippen LogP contribution in [-0.4, -0.2) is 11.1 Å². The SMILES string of the molecule is C=C(C)/C=C/C(C)(C)CCC(C)C(=O)O. The summed E-state index contributed by atoms with van der Waals surface area (Å²) in [5.41, 5.74) is 1.07. The lowest BCUT2D eigenvalue weighted by Gasteiger charge is -2.21. The van der Waals surface area contributed by atoms with Crippen molar-refractivity contribution in [3.63, 3.8) is 0 Å². The average Bonchev–Trinajstić information content (AvgIpc) is 2.11. The summed E-state index contributed by atoms with van der Waals surface area (Å²) >= 11 is 0. The predicted molar refractivity (Wildman–Crippen MR) is 63.8 cm³/mol. The first kappa shape index (κ1) is 13.9. The van der Waals surface area contributed by atoms with Gasteiger partial charge < -0.3 is 5.11 Å². The van der Waals surface area contributed by atoms with E-state index >= 15 is 0 Å². The largest absolute Gasteiger partial charge is 0.481 e. The summed E-state index contributed by atoms with van der Waals surface area (Å²) in [6, 6.07) is 0. The maximum Gasteiger partial charge on any atom is 0.306 e. The van der Waals surface area contributed by atoms with Crippen molar-refractivity contribution in [1.29, 1.82) is 0 Å². The molecule has 0 aliphatic carbocycles. The normalized spacial score (nSPS) is 14.1. The molecule has 2 heteroatoms. The molecule has 0 saturated carbocycles. The highest BCUT2D eigenvalue weighted by molar-refractivity contribution is 5.69. The van der Waals surface area contributed by atoms with Crippen molar-refractivity contribution >= 4 is 5.97 Å². The maximum atomic E-state index is 10.7. The van der Waals surface area contributed by atoms with Gasteiger partial charge in [-0.1, -0.05) is 45.1 Å². The van der Waals surface area contributed by atoms with E-state index in [1.165, 1.54) is 0 Å². The molecule has 86 valence electrons. The minimum atomic E-state index is -0.713. The quantitative estimate of drug-likeness (QED) is 0.679. The first-order chi connectivity index (χ1) is 6.74. The van der Waals surface area contributed by atoms with E-state index in [2.05, 4.69) is 26.5 Å². The van der Waals surface area contributed by atoms with Crippen LogP contribution in [0, 0.1) is 11.3 Å². The molecule has 15 heavy (non-hydrogen) atoms. The molecule has 0 aromatic rings. The van der Waals surface area contributed by atoms with Gasteiger partial charge in [0.15, 0.2) is 0 Å². The fraction of sp³-hybridized carbons (Fsp3) is 0.615. The second-order valence-electron chi connectivity index (χ2n) is 4.95. The summed E-state index contributed by atoms with van der Waals surface area (Å²) in [6.45, 7) is 11.7. The van der Waals surface area contributed by atoms with Crippen LogP contribution < -0.4 is 0 Å². The molecule has 0 amide bonds. The van der Waals surface area contributed by atoms with Crippen molar-refractivity contribution in [3.8, 4) is 0 Å². The monoisotopic (exact) mass is 210 g/mol. The number of hydrogen-bond donors (Lipinski definition) is 1. The highest BCUT2D eigenvalue weighted by atomic mass is 16.4. The van der Waals surface area contributed by atoms with Crippen molar-refractivity contribution in [2.24, 2.45) is 11.3 Å². The smallest absolute Gasteiger partial charge is 0.306 e. The van der Waals surface area contributed by atoms with Crippen LogP contribution in [0.15, 0.2) is 24.3 Å². The van der Waals surface area contributed by atoms with Gasteiger partial charge in [0.05, 0.1) is 5.92 Å². The van der Waals surface area contributed by atoms with E-state index in [-0.39, 0.29) is 11.3 Å². The Hall–Kier alpha value is -1.05. The van der Waals surface area contributed by atoms with Gasteiger partial charge in [-0.05, 0) is 25.2 Å². The van der Waals surface area contributed by atoms with E-state index in [0.29, 0.717) is 6.42 Å². The van der Waals surface area contributed by atoms with Crippen LogP contribution in [0.5, 0.6) is 0 Å². The molecular formula is C13H22O2. The van der Waals surface area contributed by atoms with Crippen LogP contribution in [0.1, 0.15) is 40.5 Å². The first-order valence-corrected chi connectivity index (χ1v) is 5.32. The Kier molecular flexibility index (Phi) is 5.34. The first-order valence-electron chi connectivity index (χ1n) is 5.32. The third kappa shape index (κ3) is 6.95. The summed E-state index contributed by atoms with van der Waals surface area (Å²) < 4.78 is 0. The van der Waals surface area contributed by atoms with Crippen LogP contribution in [0.2, 0.25) is 0 Å². The van der Waals surface area contributed by atoms with E-state index in [4.69, 9.17) is 5.11 Å². The van der Waals surface area contributed by atoms with Gasteiger partial charge in [0, 0.05) is 0 Å². The standard InChI is InChI=1S/C13H22O2/c1-10(2)6-8-13(4,5)9-7-11(3)12(14)15/h6,8,11H,1,7,9H2,2-5H3,(H,14,15)/b8-6+. The summed E-state index contributed by atoms with van der Waals surface area (Å²) in [5, 5.41) is 8.76. The Bertz CT molecular complexity index is 262. The lowest BCUT2D eigenvalue weighted by atomic mass is 9.84. The van der Waals surface area contributed by atoms with Crippen LogP contribution >= 0.6 is 0 Å². The summed E-state index contributed by atoms with van der Waals surface area (Å²) in [7, 11) is 0. The third-order valence-corrected chi connectivity index (χ3v) is 2.46. The Labute approximate surface area is 92.7 Å². The van der Waals surface area contributed by atoms with Gasteiger partial charge in [-0.15, -0.1) is 0 Å². The molecule has 2 nitrogen and oxygen atoms in total. The minimum Gasteiger partial charge on any atom is -0.481 e. The fourth-order valence-corrected chi connectivity index (χ4v) is 1.16. The van der Waals surface area contributed by atoms with Crippen molar-refractivity contribution in [2.75, 3.05) is 0 Å². The maximum absolute atomic E-state index is 10.7. The second-order valence-corrected chi connectivity index (χ2v) is 4.95. The third-order valence-electron chi connectivity index (χ3n) is 2.46. The van der Waals surface area contributed by atoms with Crippen molar-refractivity contribution in [3.05, 3.63) is 24.3 Å². The van der Waals surface area contributed by atoms with Crippen molar-refractivity contribution in [2.45, 2.75) is 40.5 Å². The van der Waals surface area contributed by atoms with Gasteiger partial charge in [0.25, 0.3) is 0 Å². The van der Waals surface area contributed by atoms with Gasteiger partial charge in [-0.2, -0.15) is 0 Å². The van der Waals surface area contributed by atoms with E-state index in [9.17, 15) is 4.79 Å². The van der Waals surface area contributed by atoms with E-state index in [1.807, 2.05) is 13.0 Å². The Morgan fingerprint density at radius 2 is 2.07 bits per heavy atom. The van der Waals surface area contributed by atoms with Crippen molar-refractivity contribution in [1.82, 2.24) is 0 Å². The molecule has 0 saturated heterocycles. The fourth-order valence-electron chi connectivity index (χ4n) is 1.16. The number of carbonyl (C=O) groups is 1. The van der Waals surface area contributed by atoms with Crippen molar-refractivity contribution < 1.29 is 9.90 Å². The van der Waals surface area contributed by atoms with Gasteiger partial charge in [-0.25, -0.2) is 0 Å². The van der Waals surface area contributed by atoms with Crippen LogP contribution in [0.4, 0.5) is 0 Å². The molecule has 0 heterocycles. The number of carboxylic acids is 1. The molecule has 0 bridgehead atoms. The summed E-state index contributed by atoms with van der Waals surface area (Å²) in [4.78, 5) is 10.7. The topological polar surface area (TPSA) is 37.3 Å². The number of allylic oxidation sites excluding steroid dienone is 3. The second kappa shape index (κ2) is 5.74. The molecule has 1 unspecified atom stereocenters. The van der Waals surface area contributed by atoms with Crippen LogP contribution in [0.25, 0.3) is 0 Å². The van der Waals surface area contributed by atoms with Gasteiger partial charge >= 0.3 is 5.97 Å². The molecule has 0 spiro atoms. The Morgan fingerprint density at radius 3 is 2.47 bits per heavy atom. The molecule has 0 aliphatic rings. The molecule has 0 aliphatic heterocycles. The summed E-state index contributed by atoms with van der Waals surface area (Å²) in [5.74, 6) is -0.975. The zero-order chi connectivity index (χ0) is 12.1. The predicted octanol–water partition coefficient (Wildman–Crippen LogP) is 3.65. The van der Waals surface area contributed by atoms with Gasteiger partial charge in [0.2, 0.25) is 0 Å². The van der Waals surface area contributed by atoms with Gasteiger partial charge in [-0.3, -0.25) is 4.79 Å². The highest BCUT2D eigenvalue weighted by Gasteiger charge is 2.18. The van der Waals surface area contributed by atoms with E-state index in [1.54, 1.807) is 6.92 Å².